The van der Waals surface area contributed by atoms with Crippen LogP contribution in [-0.2, 0) is 0 Å². The summed E-state index contributed by atoms with van der Waals surface area (Å²) in [5, 5.41) is 6.71. The molecule has 5 nitrogen and oxygen atoms in total. The van der Waals surface area contributed by atoms with Gasteiger partial charge in [-0.15, -0.1) is 0 Å². The van der Waals surface area contributed by atoms with Crippen LogP contribution in [0.5, 0.6) is 0 Å². The lowest BCUT2D eigenvalue weighted by Crippen LogP contribution is -2.28. The minimum atomic E-state index is 0.676. The largest absolute Gasteiger partial charge is 0.382 e. The van der Waals surface area contributed by atoms with Crippen LogP contribution in [0.4, 0.5) is 11.5 Å². The Bertz CT molecular complexity index is 295. The van der Waals surface area contributed by atoms with E-state index in [1.165, 1.54) is 6.42 Å². The lowest BCUT2D eigenvalue weighted by atomic mass is 10.3. The topological polar surface area (TPSA) is 61.2 Å². The zero-order chi connectivity index (χ0) is 9.97. The van der Waals surface area contributed by atoms with Crippen molar-refractivity contribution in [3.8, 4) is 0 Å². The zero-order valence-electron chi connectivity index (χ0n) is 8.53. The Hall–Kier alpha value is -1.23. The minimum Gasteiger partial charge on any atom is -0.382 e. The highest BCUT2D eigenvalue weighted by Crippen LogP contribution is 2.20. The predicted molar refractivity (Wildman–Crippen MR) is 57.3 cm³/mol. The molecule has 78 valence electrons. The minimum absolute atomic E-state index is 0.676. The van der Waals surface area contributed by atoms with Crippen molar-refractivity contribution in [1.29, 1.82) is 0 Å². The molecule has 2 rings (SSSR count). The fourth-order valence-corrected chi connectivity index (χ4v) is 1.83. The molecule has 0 bridgehead atoms. The number of likely N-dealkylation sites (N-methyl/N-ethyl adjacent to an activating group) is 1. The first kappa shape index (κ1) is 9.33. The number of rotatable bonds is 1. The van der Waals surface area contributed by atoms with Gasteiger partial charge in [0.25, 0.3) is 0 Å². The third kappa shape index (κ3) is 1.82. The molecule has 3 N–H and O–H groups in total. The Morgan fingerprint density at radius 3 is 2.93 bits per heavy atom. The van der Waals surface area contributed by atoms with Crippen LogP contribution < -0.4 is 10.6 Å². The second kappa shape index (κ2) is 3.88. The quantitative estimate of drug-likeness (QED) is 0.669. The van der Waals surface area contributed by atoms with Gasteiger partial charge in [-0.05, 0) is 20.0 Å². The maximum atomic E-state index is 5.78. The standard InChI is InChI=1S/C9H17N5/c1-13-3-2-4-14(6-5-13)8-7-11-12-9(8)10/h7H,2-6H2,1H3,(H3,10,11,12). The average Bonchev–Trinajstić information content (AvgIpc) is 2.46. The normalized spacial score (nSPS) is 19.6. The van der Waals surface area contributed by atoms with Crippen molar-refractivity contribution in [3.63, 3.8) is 0 Å². The summed E-state index contributed by atoms with van der Waals surface area (Å²) in [6.45, 7) is 4.34. The summed E-state index contributed by atoms with van der Waals surface area (Å²) in [4.78, 5) is 4.64. The molecule has 0 aromatic carbocycles. The van der Waals surface area contributed by atoms with Gasteiger partial charge < -0.3 is 15.5 Å². The van der Waals surface area contributed by atoms with Crippen LogP contribution in [0.15, 0.2) is 6.20 Å². The fraction of sp³-hybridized carbons (Fsp3) is 0.667. The maximum absolute atomic E-state index is 5.78. The van der Waals surface area contributed by atoms with Gasteiger partial charge in [-0.3, -0.25) is 5.10 Å². The van der Waals surface area contributed by atoms with Crippen LogP contribution in [0.2, 0.25) is 0 Å². The third-order valence-electron chi connectivity index (χ3n) is 2.71. The highest BCUT2D eigenvalue weighted by molar-refractivity contribution is 5.62. The zero-order valence-corrected chi connectivity index (χ0v) is 8.53. The van der Waals surface area contributed by atoms with Crippen LogP contribution in [0.25, 0.3) is 0 Å². The number of nitrogens with zero attached hydrogens (tertiary/aromatic N) is 3. The van der Waals surface area contributed by atoms with Gasteiger partial charge in [0.15, 0.2) is 0 Å². The molecule has 1 fully saturated rings. The van der Waals surface area contributed by atoms with Crippen molar-refractivity contribution < 1.29 is 0 Å². The van der Waals surface area contributed by atoms with E-state index in [-0.39, 0.29) is 0 Å². The molecule has 1 aromatic heterocycles. The molecule has 0 unspecified atom stereocenters. The first-order valence-corrected chi connectivity index (χ1v) is 4.99. The molecular formula is C9H17N5. The summed E-state index contributed by atoms with van der Waals surface area (Å²) in [5.41, 5.74) is 6.83. The first-order chi connectivity index (χ1) is 6.77. The Labute approximate surface area is 83.9 Å². The number of hydrogen-bond donors (Lipinski definition) is 2. The van der Waals surface area contributed by atoms with E-state index in [0.29, 0.717) is 5.82 Å². The Balaban J connectivity index is 2.08. The summed E-state index contributed by atoms with van der Waals surface area (Å²) >= 11 is 0. The van der Waals surface area contributed by atoms with E-state index in [4.69, 9.17) is 5.73 Å². The predicted octanol–water partition coefficient (Wildman–Crippen LogP) is 0.134. The van der Waals surface area contributed by atoms with Crippen molar-refractivity contribution >= 4 is 11.5 Å². The molecule has 0 radical (unpaired) electrons. The summed E-state index contributed by atoms with van der Waals surface area (Å²) in [7, 11) is 2.15. The molecule has 1 aromatic rings. The Morgan fingerprint density at radius 2 is 2.21 bits per heavy atom. The van der Waals surface area contributed by atoms with Gasteiger partial charge in [0.2, 0.25) is 0 Å². The number of nitrogens with two attached hydrogens (primary N) is 1. The number of H-pyrrole nitrogens is 1. The lowest BCUT2D eigenvalue weighted by Gasteiger charge is -2.21. The smallest absolute Gasteiger partial charge is 0.142 e. The number of aromatic nitrogens is 2. The van der Waals surface area contributed by atoms with Crippen molar-refractivity contribution in [2.24, 2.45) is 0 Å². The first-order valence-electron chi connectivity index (χ1n) is 4.99. The maximum Gasteiger partial charge on any atom is 0.142 e. The van der Waals surface area contributed by atoms with Crippen molar-refractivity contribution in [2.75, 3.05) is 43.9 Å². The van der Waals surface area contributed by atoms with E-state index in [9.17, 15) is 0 Å². The van der Waals surface area contributed by atoms with E-state index in [2.05, 4.69) is 27.0 Å². The van der Waals surface area contributed by atoms with Crippen LogP contribution in [0, 0.1) is 0 Å². The molecule has 0 spiro atoms. The number of hydrogen-bond acceptors (Lipinski definition) is 4. The van der Waals surface area contributed by atoms with Crippen molar-refractivity contribution in [2.45, 2.75) is 6.42 Å². The molecule has 14 heavy (non-hydrogen) atoms. The summed E-state index contributed by atoms with van der Waals surface area (Å²) in [5.74, 6) is 0.676. The van der Waals surface area contributed by atoms with Crippen molar-refractivity contribution in [3.05, 3.63) is 6.20 Å². The van der Waals surface area contributed by atoms with E-state index < -0.39 is 0 Å². The van der Waals surface area contributed by atoms with E-state index in [1.54, 1.807) is 6.20 Å². The van der Waals surface area contributed by atoms with Crippen molar-refractivity contribution in [1.82, 2.24) is 15.1 Å². The molecule has 0 saturated carbocycles. The molecule has 1 aliphatic rings. The average molecular weight is 195 g/mol. The second-order valence-electron chi connectivity index (χ2n) is 3.81. The van der Waals surface area contributed by atoms with Crippen LogP contribution in [-0.4, -0.2) is 48.3 Å². The lowest BCUT2D eigenvalue weighted by molar-refractivity contribution is 0.360. The molecule has 0 aliphatic carbocycles. The molecule has 5 heteroatoms. The van der Waals surface area contributed by atoms with Gasteiger partial charge in [-0.1, -0.05) is 0 Å². The van der Waals surface area contributed by atoms with Gasteiger partial charge in [0.1, 0.15) is 5.82 Å². The summed E-state index contributed by atoms with van der Waals surface area (Å²) < 4.78 is 0. The summed E-state index contributed by atoms with van der Waals surface area (Å²) in [6.07, 6.45) is 2.99. The molecular weight excluding hydrogens is 178 g/mol. The monoisotopic (exact) mass is 195 g/mol. The van der Waals surface area contributed by atoms with E-state index in [0.717, 1.165) is 31.9 Å². The number of anilines is 2. The highest BCUT2D eigenvalue weighted by Gasteiger charge is 2.15. The fourth-order valence-electron chi connectivity index (χ4n) is 1.83. The molecule has 0 atom stereocenters. The molecule has 0 amide bonds. The molecule has 1 saturated heterocycles. The molecule has 1 aliphatic heterocycles. The highest BCUT2D eigenvalue weighted by atomic mass is 15.3. The van der Waals surface area contributed by atoms with E-state index >= 15 is 0 Å². The third-order valence-corrected chi connectivity index (χ3v) is 2.71. The second-order valence-corrected chi connectivity index (χ2v) is 3.81. The summed E-state index contributed by atoms with van der Waals surface area (Å²) in [6, 6.07) is 0. The van der Waals surface area contributed by atoms with Gasteiger partial charge in [0, 0.05) is 19.6 Å². The van der Waals surface area contributed by atoms with Crippen LogP contribution in [0.1, 0.15) is 6.42 Å². The van der Waals surface area contributed by atoms with Gasteiger partial charge in [-0.2, -0.15) is 5.10 Å². The van der Waals surface area contributed by atoms with Gasteiger partial charge in [-0.25, -0.2) is 0 Å². The van der Waals surface area contributed by atoms with Gasteiger partial charge >= 0.3 is 0 Å². The Kier molecular flexibility index (Phi) is 2.58. The Morgan fingerprint density at radius 1 is 1.36 bits per heavy atom. The van der Waals surface area contributed by atoms with E-state index in [1.807, 2.05) is 0 Å². The number of nitrogen functional groups attached to an aromatic ring is 1. The number of nitrogens with one attached hydrogen (secondary N) is 1. The molecule has 2 heterocycles. The van der Waals surface area contributed by atoms with Crippen LogP contribution in [0.3, 0.4) is 0 Å². The van der Waals surface area contributed by atoms with Gasteiger partial charge in [0.05, 0.1) is 11.9 Å². The number of aromatic amines is 1. The SMILES string of the molecule is CN1CCCN(c2cn[nH]c2N)CC1. The van der Waals surface area contributed by atoms with Crippen LogP contribution >= 0.6 is 0 Å².